The van der Waals surface area contributed by atoms with Gasteiger partial charge in [0.1, 0.15) is 0 Å². The summed E-state index contributed by atoms with van der Waals surface area (Å²) in [7, 11) is 6.67. The first kappa shape index (κ1) is 16.8. The fraction of sp³-hybridized carbons (Fsp3) is 1.00. The molecule has 3 atom stereocenters. The third-order valence-electron chi connectivity index (χ3n) is 6.87. The molecule has 1 aliphatic carbocycles. The van der Waals surface area contributed by atoms with Crippen LogP contribution in [0.25, 0.3) is 0 Å². The van der Waals surface area contributed by atoms with Crippen LogP contribution in [-0.2, 0) is 4.74 Å². The molecule has 3 unspecified atom stereocenters. The van der Waals surface area contributed by atoms with Gasteiger partial charge >= 0.3 is 0 Å². The Bertz CT molecular complexity index is 382. The van der Waals surface area contributed by atoms with E-state index < -0.39 is 0 Å². The fourth-order valence-electron chi connectivity index (χ4n) is 5.41. The topological polar surface area (TPSA) is 12.5 Å². The minimum absolute atomic E-state index is 0.103. The Morgan fingerprint density at radius 1 is 1.09 bits per heavy atom. The molecule has 2 heterocycles. The fourth-order valence-corrected chi connectivity index (χ4v) is 5.41. The lowest BCUT2D eigenvalue weighted by Gasteiger charge is -2.60. The van der Waals surface area contributed by atoms with Crippen LogP contribution in [0.2, 0.25) is 5.31 Å². The third-order valence-corrected chi connectivity index (χ3v) is 6.87. The van der Waals surface area contributed by atoms with Gasteiger partial charge in [-0.25, -0.2) is 0 Å². The van der Waals surface area contributed by atoms with Crippen molar-refractivity contribution in [2.75, 3.05) is 13.2 Å². The zero-order chi connectivity index (χ0) is 15.8. The van der Waals surface area contributed by atoms with E-state index >= 15 is 0 Å². The molecule has 2 radical (unpaired) electrons. The largest absolute Gasteiger partial charge is 0.377 e. The highest BCUT2D eigenvalue weighted by atomic mass is 16.5. The molecule has 3 heteroatoms. The second kappa shape index (κ2) is 6.47. The molecular formula is C19H34BNO. The van der Waals surface area contributed by atoms with Crippen molar-refractivity contribution in [2.24, 2.45) is 5.92 Å². The highest BCUT2D eigenvalue weighted by Crippen LogP contribution is 2.48. The first-order valence-electron chi connectivity index (χ1n) is 9.65. The molecule has 3 aliphatic rings. The Hall–Kier alpha value is -0.0151. The summed E-state index contributed by atoms with van der Waals surface area (Å²) in [4.78, 5) is 2.86. The van der Waals surface area contributed by atoms with Crippen molar-refractivity contribution in [3.63, 3.8) is 0 Å². The van der Waals surface area contributed by atoms with Crippen LogP contribution < -0.4 is 0 Å². The van der Waals surface area contributed by atoms with Gasteiger partial charge in [0.2, 0.25) is 0 Å². The quantitative estimate of drug-likeness (QED) is 0.704. The molecule has 0 amide bonds. The molecule has 2 nitrogen and oxygen atoms in total. The maximum Gasteiger partial charge on any atom is 0.0746 e. The Balaban J connectivity index is 1.78. The molecule has 1 spiro atoms. The van der Waals surface area contributed by atoms with E-state index in [1.54, 1.807) is 0 Å². The zero-order valence-corrected chi connectivity index (χ0v) is 14.9. The highest BCUT2D eigenvalue weighted by Gasteiger charge is 2.52. The summed E-state index contributed by atoms with van der Waals surface area (Å²) < 4.78 is 5.65. The lowest BCUT2D eigenvalue weighted by atomic mass is 9.60. The number of rotatable bonds is 2. The molecule has 0 aromatic heterocycles. The highest BCUT2D eigenvalue weighted by molar-refractivity contribution is 6.15. The van der Waals surface area contributed by atoms with Crippen LogP contribution in [0.3, 0.4) is 0 Å². The van der Waals surface area contributed by atoms with Gasteiger partial charge in [0.05, 0.1) is 26.6 Å². The second-order valence-electron chi connectivity index (χ2n) is 8.58. The molecule has 3 rings (SSSR count). The summed E-state index contributed by atoms with van der Waals surface area (Å²) in [5.41, 5.74) is 0.369. The molecule has 3 fully saturated rings. The monoisotopic (exact) mass is 303 g/mol. The van der Waals surface area contributed by atoms with E-state index in [0.29, 0.717) is 11.6 Å². The van der Waals surface area contributed by atoms with Gasteiger partial charge in [-0.15, -0.1) is 0 Å². The first-order valence-corrected chi connectivity index (χ1v) is 9.65. The number of nitrogens with zero attached hydrogens (tertiary/aromatic N) is 1. The van der Waals surface area contributed by atoms with Gasteiger partial charge in [-0.3, -0.25) is 4.90 Å². The molecule has 22 heavy (non-hydrogen) atoms. The van der Waals surface area contributed by atoms with Gasteiger partial charge in [-0.1, -0.05) is 44.3 Å². The summed E-state index contributed by atoms with van der Waals surface area (Å²) in [5, 5.41) is 0.103. The number of hydrogen-bond donors (Lipinski definition) is 0. The smallest absolute Gasteiger partial charge is 0.0746 e. The predicted molar refractivity (Wildman–Crippen MR) is 93.5 cm³/mol. The molecule has 0 N–H and O–H groups in total. The average Bonchev–Trinajstić information content (AvgIpc) is 2.54. The van der Waals surface area contributed by atoms with Gasteiger partial charge in [0, 0.05) is 12.1 Å². The van der Waals surface area contributed by atoms with E-state index in [-0.39, 0.29) is 5.31 Å². The summed E-state index contributed by atoms with van der Waals surface area (Å²) >= 11 is 0. The van der Waals surface area contributed by atoms with Crippen molar-refractivity contribution in [3.8, 4) is 0 Å². The molecule has 2 saturated heterocycles. The molecule has 2 aliphatic heterocycles. The first-order chi connectivity index (χ1) is 10.5. The standard InChI is InChI=1S/C19H34BNO/c1-4-18(20)10-6-5-7-17-16(8-11-18)9-12-19(13-22-14-19)21(17)15(2)3/h15-17H,4-14H2,1-3H3. The van der Waals surface area contributed by atoms with Crippen LogP contribution in [0, 0.1) is 5.92 Å². The van der Waals surface area contributed by atoms with Gasteiger partial charge in [-0.05, 0) is 45.4 Å². The second-order valence-corrected chi connectivity index (χ2v) is 8.58. The molecule has 124 valence electrons. The van der Waals surface area contributed by atoms with E-state index in [0.717, 1.165) is 31.6 Å². The van der Waals surface area contributed by atoms with Gasteiger partial charge in [0.25, 0.3) is 0 Å². The Labute approximate surface area is 138 Å². The normalized spacial score (nSPS) is 39.6. The maximum atomic E-state index is 6.67. The SMILES string of the molecule is [B]C1(CC)CCCCC2C(CC1)CCC1(COC1)N2C(C)C. The van der Waals surface area contributed by atoms with Crippen molar-refractivity contribution in [1.82, 2.24) is 4.90 Å². The Morgan fingerprint density at radius 3 is 2.41 bits per heavy atom. The predicted octanol–water partition coefficient (Wildman–Crippen LogP) is 4.34. The van der Waals surface area contributed by atoms with Crippen molar-refractivity contribution in [2.45, 2.75) is 101 Å². The van der Waals surface area contributed by atoms with Crippen LogP contribution in [-0.4, -0.2) is 43.6 Å². The number of fused-ring (bicyclic) bond motifs is 1. The summed E-state index contributed by atoms with van der Waals surface area (Å²) in [6.07, 6.45) is 11.6. The van der Waals surface area contributed by atoms with E-state index in [1.165, 1.54) is 51.4 Å². The van der Waals surface area contributed by atoms with Crippen LogP contribution in [0.5, 0.6) is 0 Å². The lowest BCUT2D eigenvalue weighted by Crippen LogP contribution is -2.70. The van der Waals surface area contributed by atoms with E-state index in [1.807, 2.05) is 0 Å². The van der Waals surface area contributed by atoms with Crippen LogP contribution in [0.4, 0.5) is 0 Å². The summed E-state index contributed by atoms with van der Waals surface area (Å²) in [6, 6.07) is 1.39. The maximum absolute atomic E-state index is 6.67. The van der Waals surface area contributed by atoms with Crippen LogP contribution in [0.1, 0.15) is 78.6 Å². The number of hydrogen-bond acceptors (Lipinski definition) is 2. The number of ether oxygens (including phenoxy) is 1. The summed E-state index contributed by atoms with van der Waals surface area (Å²) in [6.45, 7) is 8.97. The third kappa shape index (κ3) is 3.00. The summed E-state index contributed by atoms with van der Waals surface area (Å²) in [5.74, 6) is 0.848. The van der Waals surface area contributed by atoms with E-state index in [2.05, 4.69) is 25.7 Å². The zero-order valence-electron chi connectivity index (χ0n) is 14.9. The molecule has 0 aromatic carbocycles. The Kier molecular flexibility index (Phi) is 4.95. The van der Waals surface area contributed by atoms with E-state index in [9.17, 15) is 0 Å². The molecule has 1 saturated carbocycles. The molecule has 0 aromatic rings. The van der Waals surface area contributed by atoms with Gasteiger partial charge < -0.3 is 4.74 Å². The van der Waals surface area contributed by atoms with Crippen molar-refractivity contribution >= 4 is 7.85 Å². The Morgan fingerprint density at radius 2 is 1.82 bits per heavy atom. The van der Waals surface area contributed by atoms with E-state index in [4.69, 9.17) is 12.6 Å². The lowest BCUT2D eigenvalue weighted by molar-refractivity contribution is -0.195. The number of piperidine rings is 1. The number of likely N-dealkylation sites (tertiary alicyclic amines) is 1. The van der Waals surface area contributed by atoms with Gasteiger partial charge in [0.15, 0.2) is 0 Å². The van der Waals surface area contributed by atoms with Crippen molar-refractivity contribution < 1.29 is 4.74 Å². The van der Waals surface area contributed by atoms with Gasteiger partial charge in [-0.2, -0.15) is 0 Å². The van der Waals surface area contributed by atoms with Crippen LogP contribution in [0.15, 0.2) is 0 Å². The minimum Gasteiger partial charge on any atom is -0.377 e. The molecular weight excluding hydrogens is 269 g/mol. The van der Waals surface area contributed by atoms with Crippen LogP contribution >= 0.6 is 0 Å². The average molecular weight is 303 g/mol. The minimum atomic E-state index is 0.103. The van der Waals surface area contributed by atoms with Crippen molar-refractivity contribution in [3.05, 3.63) is 0 Å². The van der Waals surface area contributed by atoms with Crippen molar-refractivity contribution in [1.29, 1.82) is 0 Å². The molecule has 0 bridgehead atoms.